The number of nitrogens with one attached hydrogen (secondary N) is 1. The maximum Gasteiger partial charge on any atom is 0.243 e. The van der Waals surface area contributed by atoms with Crippen molar-refractivity contribution in [2.24, 2.45) is 0 Å². The number of sulfonamides is 1. The van der Waals surface area contributed by atoms with Crippen LogP contribution in [0.1, 0.15) is 18.4 Å². The number of halogens is 3. The smallest absolute Gasteiger partial charge is 0.210 e. The Labute approximate surface area is 126 Å². The van der Waals surface area contributed by atoms with Crippen LogP contribution in [0.2, 0.25) is 0 Å². The SMILES string of the molecule is C[C@H](CNS(=O)(=O)c1ccc(F)c(F)c1F)c1ccccc1. The van der Waals surface area contributed by atoms with E-state index in [9.17, 15) is 21.6 Å². The van der Waals surface area contributed by atoms with E-state index in [0.29, 0.717) is 12.1 Å². The van der Waals surface area contributed by atoms with Gasteiger partial charge in [-0.25, -0.2) is 26.3 Å². The Kier molecular flexibility index (Phi) is 4.87. The summed E-state index contributed by atoms with van der Waals surface area (Å²) in [5.41, 5.74) is 0.899. The monoisotopic (exact) mass is 329 g/mol. The molecule has 3 nitrogen and oxygen atoms in total. The average molecular weight is 329 g/mol. The zero-order chi connectivity index (χ0) is 16.3. The van der Waals surface area contributed by atoms with Crippen molar-refractivity contribution in [3.63, 3.8) is 0 Å². The molecule has 0 heterocycles. The van der Waals surface area contributed by atoms with Crippen LogP contribution in [0.25, 0.3) is 0 Å². The van der Waals surface area contributed by atoms with Crippen molar-refractivity contribution >= 4 is 10.0 Å². The van der Waals surface area contributed by atoms with E-state index >= 15 is 0 Å². The van der Waals surface area contributed by atoms with Gasteiger partial charge in [0.1, 0.15) is 4.90 Å². The normalized spacial score (nSPS) is 13.1. The van der Waals surface area contributed by atoms with Gasteiger partial charge in [0, 0.05) is 6.54 Å². The summed E-state index contributed by atoms with van der Waals surface area (Å²) in [4.78, 5) is -0.910. The Bertz CT molecular complexity index is 764. The lowest BCUT2D eigenvalue weighted by Gasteiger charge is -2.14. The van der Waals surface area contributed by atoms with Crippen LogP contribution >= 0.6 is 0 Å². The van der Waals surface area contributed by atoms with Crippen molar-refractivity contribution < 1.29 is 21.6 Å². The Balaban J connectivity index is 2.17. The van der Waals surface area contributed by atoms with Gasteiger partial charge in [-0.3, -0.25) is 0 Å². The number of hydrogen-bond donors (Lipinski definition) is 1. The summed E-state index contributed by atoms with van der Waals surface area (Å²) in [6.45, 7) is 1.80. The summed E-state index contributed by atoms with van der Waals surface area (Å²) >= 11 is 0. The predicted octanol–water partition coefficient (Wildman–Crippen LogP) is 3.19. The molecule has 0 fully saturated rings. The molecule has 22 heavy (non-hydrogen) atoms. The van der Waals surface area contributed by atoms with E-state index in [1.165, 1.54) is 0 Å². The molecule has 2 aromatic carbocycles. The van der Waals surface area contributed by atoms with E-state index in [1.807, 2.05) is 30.3 Å². The topological polar surface area (TPSA) is 46.2 Å². The molecule has 2 aromatic rings. The van der Waals surface area contributed by atoms with E-state index in [4.69, 9.17) is 0 Å². The second-order valence-corrected chi connectivity index (χ2v) is 6.57. The first-order chi connectivity index (χ1) is 10.3. The molecule has 0 spiro atoms. The third-order valence-electron chi connectivity index (χ3n) is 3.24. The van der Waals surface area contributed by atoms with Gasteiger partial charge in [0.15, 0.2) is 17.5 Å². The number of hydrogen-bond acceptors (Lipinski definition) is 2. The molecule has 0 aliphatic rings. The molecule has 0 saturated carbocycles. The Morgan fingerprint density at radius 3 is 2.27 bits per heavy atom. The quantitative estimate of drug-likeness (QED) is 0.857. The van der Waals surface area contributed by atoms with Gasteiger partial charge in [-0.15, -0.1) is 0 Å². The molecule has 0 aliphatic heterocycles. The van der Waals surface area contributed by atoms with Gasteiger partial charge in [0.2, 0.25) is 10.0 Å². The highest BCUT2D eigenvalue weighted by molar-refractivity contribution is 7.89. The molecule has 0 unspecified atom stereocenters. The molecular weight excluding hydrogens is 315 g/mol. The van der Waals surface area contributed by atoms with Crippen molar-refractivity contribution in [2.75, 3.05) is 6.54 Å². The Morgan fingerprint density at radius 2 is 1.64 bits per heavy atom. The van der Waals surface area contributed by atoms with Crippen LogP contribution in [-0.4, -0.2) is 15.0 Å². The molecule has 0 amide bonds. The fraction of sp³-hybridized carbons (Fsp3) is 0.200. The zero-order valence-electron chi connectivity index (χ0n) is 11.7. The Morgan fingerprint density at radius 1 is 1.00 bits per heavy atom. The van der Waals surface area contributed by atoms with Gasteiger partial charge in [0.05, 0.1) is 0 Å². The number of benzene rings is 2. The maximum absolute atomic E-state index is 13.6. The van der Waals surface area contributed by atoms with Gasteiger partial charge in [-0.05, 0) is 23.6 Å². The van der Waals surface area contributed by atoms with Crippen LogP contribution in [0.4, 0.5) is 13.2 Å². The minimum atomic E-state index is -4.26. The van der Waals surface area contributed by atoms with Crippen LogP contribution in [-0.2, 0) is 10.0 Å². The fourth-order valence-electron chi connectivity index (χ4n) is 1.93. The summed E-state index contributed by atoms with van der Waals surface area (Å²) in [5, 5.41) is 0. The summed E-state index contributed by atoms with van der Waals surface area (Å²) in [7, 11) is -4.26. The predicted molar refractivity (Wildman–Crippen MR) is 76.4 cm³/mol. The van der Waals surface area contributed by atoms with Crippen molar-refractivity contribution in [1.82, 2.24) is 4.72 Å². The van der Waals surface area contributed by atoms with E-state index in [1.54, 1.807) is 6.92 Å². The molecule has 7 heteroatoms. The highest BCUT2D eigenvalue weighted by Crippen LogP contribution is 2.20. The van der Waals surface area contributed by atoms with Gasteiger partial charge in [0.25, 0.3) is 0 Å². The molecule has 118 valence electrons. The molecule has 0 bridgehead atoms. The third kappa shape index (κ3) is 3.48. The second kappa shape index (κ2) is 6.50. The van der Waals surface area contributed by atoms with E-state index in [-0.39, 0.29) is 12.5 Å². The van der Waals surface area contributed by atoms with Crippen molar-refractivity contribution in [1.29, 1.82) is 0 Å². The minimum absolute atomic E-state index is 0.00474. The summed E-state index contributed by atoms with van der Waals surface area (Å²) in [6, 6.07) is 10.4. The minimum Gasteiger partial charge on any atom is -0.210 e. The lowest BCUT2D eigenvalue weighted by molar-refractivity contribution is 0.431. The molecule has 0 aliphatic carbocycles. The van der Waals surface area contributed by atoms with Crippen molar-refractivity contribution in [3.8, 4) is 0 Å². The molecule has 1 atom stereocenters. The first-order valence-electron chi connectivity index (χ1n) is 6.51. The summed E-state index contributed by atoms with van der Waals surface area (Å²) in [5.74, 6) is -5.13. The van der Waals surface area contributed by atoms with Crippen molar-refractivity contribution in [3.05, 3.63) is 65.5 Å². The summed E-state index contributed by atoms with van der Waals surface area (Å²) in [6.07, 6.45) is 0. The van der Waals surface area contributed by atoms with Crippen LogP contribution in [0.5, 0.6) is 0 Å². The highest BCUT2D eigenvalue weighted by Gasteiger charge is 2.24. The number of rotatable bonds is 5. The largest absolute Gasteiger partial charge is 0.243 e. The van der Waals surface area contributed by atoms with Crippen molar-refractivity contribution in [2.45, 2.75) is 17.7 Å². The van der Waals surface area contributed by atoms with Crippen LogP contribution in [0, 0.1) is 17.5 Å². The first kappa shape index (κ1) is 16.5. The zero-order valence-corrected chi connectivity index (χ0v) is 12.5. The molecule has 0 aromatic heterocycles. The van der Waals surface area contributed by atoms with Gasteiger partial charge in [-0.2, -0.15) is 0 Å². The van der Waals surface area contributed by atoms with Crippen LogP contribution < -0.4 is 4.72 Å². The second-order valence-electron chi connectivity index (χ2n) is 4.84. The lowest BCUT2D eigenvalue weighted by atomic mass is 10.0. The molecular formula is C15H14F3NO2S. The first-order valence-corrected chi connectivity index (χ1v) is 7.99. The van der Waals surface area contributed by atoms with Crippen LogP contribution in [0.3, 0.4) is 0 Å². The molecule has 1 N–H and O–H groups in total. The van der Waals surface area contributed by atoms with Gasteiger partial charge in [-0.1, -0.05) is 37.3 Å². The summed E-state index contributed by atoms with van der Waals surface area (Å²) < 4.78 is 65.8. The van der Waals surface area contributed by atoms with Gasteiger partial charge < -0.3 is 0 Å². The highest BCUT2D eigenvalue weighted by atomic mass is 32.2. The van der Waals surface area contributed by atoms with E-state index in [0.717, 1.165) is 5.56 Å². The molecule has 2 rings (SSSR count). The Hall–Kier alpha value is -1.86. The van der Waals surface area contributed by atoms with Crippen LogP contribution in [0.15, 0.2) is 47.4 Å². The maximum atomic E-state index is 13.6. The average Bonchev–Trinajstić information content (AvgIpc) is 2.51. The van der Waals surface area contributed by atoms with Gasteiger partial charge >= 0.3 is 0 Å². The third-order valence-corrected chi connectivity index (χ3v) is 4.68. The van der Waals surface area contributed by atoms with E-state index in [2.05, 4.69) is 4.72 Å². The van der Waals surface area contributed by atoms with E-state index < -0.39 is 32.4 Å². The lowest BCUT2D eigenvalue weighted by Crippen LogP contribution is -2.28. The standard InChI is InChI=1S/C15H14F3NO2S/c1-10(11-5-3-2-4-6-11)9-19-22(20,21)13-8-7-12(16)14(17)15(13)18/h2-8,10,19H,9H2,1H3/t10-/m1/s1. The molecule has 0 radical (unpaired) electrons. The molecule has 0 saturated heterocycles. The fourth-order valence-corrected chi connectivity index (χ4v) is 3.13.